The molecule has 0 atom stereocenters. The lowest BCUT2D eigenvalue weighted by Crippen LogP contribution is -2.34. The molecule has 1 fully saturated rings. The van der Waals surface area contributed by atoms with Crippen LogP contribution in [0.1, 0.15) is 5.69 Å². The van der Waals surface area contributed by atoms with Gasteiger partial charge >= 0.3 is 0 Å². The molecule has 6 heteroatoms. The van der Waals surface area contributed by atoms with Crippen LogP contribution in [-0.2, 0) is 9.53 Å². The molecule has 5 nitrogen and oxygen atoms in total. The summed E-state index contributed by atoms with van der Waals surface area (Å²) in [5.41, 5.74) is 2.87. The van der Waals surface area contributed by atoms with E-state index >= 15 is 0 Å². The predicted octanol–water partition coefficient (Wildman–Crippen LogP) is 2.58. The van der Waals surface area contributed by atoms with Crippen molar-refractivity contribution in [3.05, 3.63) is 47.4 Å². The Morgan fingerprint density at radius 2 is 2.00 bits per heavy atom. The number of amides is 1. The predicted molar refractivity (Wildman–Crippen MR) is 85.7 cm³/mol. The average Bonchev–Trinajstić information content (AvgIpc) is 2.56. The summed E-state index contributed by atoms with van der Waals surface area (Å²) in [7, 11) is 0. The summed E-state index contributed by atoms with van der Waals surface area (Å²) in [6, 6.07) is 9.57. The van der Waals surface area contributed by atoms with Crippen LogP contribution >= 0.6 is 11.6 Å². The maximum absolute atomic E-state index is 10.0. The number of benzene rings is 1. The first-order valence-electron chi connectivity index (χ1n) is 7.01. The maximum atomic E-state index is 10.0. The van der Waals surface area contributed by atoms with Gasteiger partial charge in [-0.05, 0) is 25.1 Å². The Labute approximate surface area is 134 Å². The van der Waals surface area contributed by atoms with Gasteiger partial charge in [0.1, 0.15) is 6.33 Å². The molecule has 1 amide bonds. The Morgan fingerprint density at radius 1 is 1.23 bits per heavy atom. The zero-order valence-corrected chi connectivity index (χ0v) is 13.2. The van der Waals surface area contributed by atoms with Gasteiger partial charge in [-0.3, -0.25) is 4.79 Å². The lowest BCUT2D eigenvalue weighted by Gasteiger charge is -2.21. The highest BCUT2D eigenvalue weighted by Gasteiger charge is 2.05. The van der Waals surface area contributed by atoms with Gasteiger partial charge in [0.25, 0.3) is 0 Å². The SMILES string of the molecule is Cc1cc(-c2cccc(Cl)c2)ncn1.O=CN1CCOCC1. The number of nitrogens with zero attached hydrogens (tertiary/aromatic N) is 3. The van der Waals surface area contributed by atoms with Crippen LogP contribution in [0.2, 0.25) is 5.02 Å². The van der Waals surface area contributed by atoms with E-state index in [-0.39, 0.29) is 0 Å². The first kappa shape index (κ1) is 16.4. The molecule has 2 heterocycles. The summed E-state index contributed by atoms with van der Waals surface area (Å²) in [5, 5.41) is 0.721. The number of hydrogen-bond donors (Lipinski definition) is 0. The van der Waals surface area contributed by atoms with E-state index < -0.39 is 0 Å². The normalized spacial score (nSPS) is 14.0. The van der Waals surface area contributed by atoms with Gasteiger partial charge in [-0.2, -0.15) is 0 Å². The van der Waals surface area contributed by atoms with Crippen molar-refractivity contribution in [2.24, 2.45) is 0 Å². The van der Waals surface area contributed by atoms with E-state index in [1.54, 1.807) is 11.2 Å². The lowest BCUT2D eigenvalue weighted by molar-refractivity contribution is -0.121. The van der Waals surface area contributed by atoms with Crippen molar-refractivity contribution in [2.45, 2.75) is 6.92 Å². The monoisotopic (exact) mass is 319 g/mol. The van der Waals surface area contributed by atoms with Crippen molar-refractivity contribution in [3.63, 3.8) is 0 Å². The second-order valence-electron chi connectivity index (χ2n) is 4.81. The van der Waals surface area contributed by atoms with Crippen LogP contribution in [0.25, 0.3) is 11.3 Å². The molecule has 22 heavy (non-hydrogen) atoms. The minimum atomic E-state index is 0.693. The molecule has 0 bridgehead atoms. The zero-order chi connectivity index (χ0) is 15.8. The molecule has 116 valence electrons. The Kier molecular flexibility index (Phi) is 6.30. The Hall–Kier alpha value is -1.98. The molecule has 0 spiro atoms. The van der Waals surface area contributed by atoms with Gasteiger partial charge in [0.15, 0.2) is 0 Å². The summed E-state index contributed by atoms with van der Waals surface area (Å²) < 4.78 is 5.00. The van der Waals surface area contributed by atoms with Crippen molar-refractivity contribution in [3.8, 4) is 11.3 Å². The lowest BCUT2D eigenvalue weighted by atomic mass is 10.1. The zero-order valence-electron chi connectivity index (χ0n) is 12.4. The largest absolute Gasteiger partial charge is 0.378 e. The topological polar surface area (TPSA) is 55.3 Å². The number of morpholine rings is 1. The van der Waals surface area contributed by atoms with Gasteiger partial charge < -0.3 is 9.64 Å². The third-order valence-corrected chi connectivity index (χ3v) is 3.35. The summed E-state index contributed by atoms with van der Waals surface area (Å²) in [5.74, 6) is 0. The Morgan fingerprint density at radius 3 is 2.59 bits per heavy atom. The smallest absolute Gasteiger partial charge is 0.209 e. The van der Waals surface area contributed by atoms with Crippen molar-refractivity contribution in [1.29, 1.82) is 0 Å². The number of carbonyl (C=O) groups excluding carboxylic acids is 1. The number of rotatable bonds is 2. The van der Waals surface area contributed by atoms with E-state index in [9.17, 15) is 4.79 Å². The van der Waals surface area contributed by atoms with E-state index in [2.05, 4.69) is 9.97 Å². The fourth-order valence-electron chi connectivity index (χ4n) is 1.94. The van der Waals surface area contributed by atoms with Crippen LogP contribution < -0.4 is 0 Å². The van der Waals surface area contributed by atoms with Crippen LogP contribution in [0.3, 0.4) is 0 Å². The second kappa shape index (κ2) is 8.46. The quantitative estimate of drug-likeness (QED) is 0.798. The second-order valence-corrected chi connectivity index (χ2v) is 5.25. The number of aryl methyl sites for hydroxylation is 1. The summed E-state index contributed by atoms with van der Waals surface area (Å²) in [6.07, 6.45) is 2.42. The molecule has 0 N–H and O–H groups in total. The van der Waals surface area contributed by atoms with Crippen LogP contribution in [0.15, 0.2) is 36.7 Å². The van der Waals surface area contributed by atoms with Crippen molar-refractivity contribution in [2.75, 3.05) is 26.3 Å². The summed E-state index contributed by atoms with van der Waals surface area (Å²) in [6.45, 7) is 4.83. The highest BCUT2D eigenvalue weighted by atomic mass is 35.5. The van der Waals surface area contributed by atoms with Crippen molar-refractivity contribution < 1.29 is 9.53 Å². The molecule has 0 radical (unpaired) electrons. The molecule has 1 aromatic heterocycles. The molecule has 0 unspecified atom stereocenters. The minimum absolute atomic E-state index is 0.693. The number of ether oxygens (including phenoxy) is 1. The summed E-state index contributed by atoms with van der Waals surface area (Å²) >= 11 is 5.89. The van der Waals surface area contributed by atoms with Gasteiger partial charge in [0.05, 0.1) is 18.9 Å². The van der Waals surface area contributed by atoms with Gasteiger partial charge in [-0.15, -0.1) is 0 Å². The first-order valence-corrected chi connectivity index (χ1v) is 7.38. The van der Waals surface area contributed by atoms with Gasteiger partial charge in [-0.1, -0.05) is 23.7 Å². The van der Waals surface area contributed by atoms with Gasteiger partial charge in [0.2, 0.25) is 6.41 Å². The van der Waals surface area contributed by atoms with Crippen molar-refractivity contribution in [1.82, 2.24) is 14.9 Å². The van der Waals surface area contributed by atoms with E-state index in [0.29, 0.717) is 13.2 Å². The molecule has 3 rings (SSSR count). The summed E-state index contributed by atoms with van der Waals surface area (Å²) in [4.78, 5) is 20.0. The fraction of sp³-hybridized carbons (Fsp3) is 0.312. The van der Waals surface area contributed by atoms with E-state index in [1.807, 2.05) is 37.3 Å². The van der Waals surface area contributed by atoms with E-state index in [1.165, 1.54) is 0 Å². The molecule has 1 aliphatic heterocycles. The Balaban J connectivity index is 0.000000188. The number of halogens is 1. The van der Waals surface area contributed by atoms with Gasteiger partial charge in [-0.25, -0.2) is 9.97 Å². The highest BCUT2D eigenvalue weighted by Crippen LogP contribution is 2.20. The third kappa shape index (κ3) is 5.09. The molecular weight excluding hydrogens is 302 g/mol. The fourth-order valence-corrected chi connectivity index (χ4v) is 2.13. The van der Waals surface area contributed by atoms with Gasteiger partial charge in [0, 0.05) is 29.4 Å². The molecule has 1 aliphatic rings. The highest BCUT2D eigenvalue weighted by molar-refractivity contribution is 6.30. The number of aromatic nitrogens is 2. The van der Waals surface area contributed by atoms with Crippen LogP contribution in [-0.4, -0.2) is 47.6 Å². The molecule has 1 aromatic carbocycles. The standard InChI is InChI=1S/C11H9ClN2.C5H9NO2/c1-8-5-11(14-7-13-8)9-3-2-4-10(12)6-9;7-5-6-1-3-8-4-2-6/h2-7H,1H3;5H,1-4H2. The van der Waals surface area contributed by atoms with E-state index in [4.69, 9.17) is 16.3 Å². The van der Waals surface area contributed by atoms with Crippen molar-refractivity contribution >= 4 is 18.0 Å². The first-order chi connectivity index (χ1) is 10.7. The molecule has 0 aliphatic carbocycles. The van der Waals surface area contributed by atoms with Crippen LogP contribution in [0.5, 0.6) is 0 Å². The third-order valence-electron chi connectivity index (χ3n) is 3.12. The molecule has 1 saturated heterocycles. The minimum Gasteiger partial charge on any atom is -0.378 e. The molecule has 0 saturated carbocycles. The molecule has 2 aromatic rings. The van der Waals surface area contributed by atoms with Crippen LogP contribution in [0, 0.1) is 6.92 Å². The maximum Gasteiger partial charge on any atom is 0.209 e. The Bertz CT molecular complexity index is 572. The molecular formula is C16H18ClN3O2. The van der Waals surface area contributed by atoms with Crippen LogP contribution in [0.4, 0.5) is 0 Å². The van der Waals surface area contributed by atoms with E-state index in [0.717, 1.165) is 41.5 Å². The number of carbonyl (C=O) groups is 1. The average molecular weight is 320 g/mol. The number of hydrogen-bond acceptors (Lipinski definition) is 4.